The maximum Gasteiger partial charge on any atom is 0.342 e. The van der Waals surface area contributed by atoms with Crippen LogP contribution in [-0.4, -0.2) is 22.7 Å². The summed E-state index contributed by atoms with van der Waals surface area (Å²) in [6.07, 6.45) is 1.02. The van der Waals surface area contributed by atoms with Gasteiger partial charge >= 0.3 is 5.97 Å². The van der Waals surface area contributed by atoms with Crippen molar-refractivity contribution < 1.29 is 19.4 Å². The molecular formula is C25H19NO4. The van der Waals surface area contributed by atoms with Crippen molar-refractivity contribution >= 4 is 33.9 Å². The monoisotopic (exact) mass is 397 g/mol. The van der Waals surface area contributed by atoms with Crippen molar-refractivity contribution in [3.05, 3.63) is 76.9 Å². The van der Waals surface area contributed by atoms with E-state index >= 15 is 0 Å². The third-order valence-electron chi connectivity index (χ3n) is 5.45. The van der Waals surface area contributed by atoms with Gasteiger partial charge < -0.3 is 9.84 Å². The van der Waals surface area contributed by atoms with Crippen LogP contribution >= 0.6 is 0 Å². The van der Waals surface area contributed by atoms with Gasteiger partial charge in [-0.25, -0.2) is 9.79 Å². The summed E-state index contributed by atoms with van der Waals surface area (Å²) in [4.78, 5) is 27.8. The Balaban J connectivity index is 1.59. The molecule has 5 heteroatoms. The van der Waals surface area contributed by atoms with E-state index < -0.39 is 11.9 Å². The molecule has 1 heterocycles. The van der Waals surface area contributed by atoms with E-state index in [4.69, 9.17) is 4.74 Å². The first kappa shape index (κ1) is 18.3. The van der Waals surface area contributed by atoms with Gasteiger partial charge in [0.1, 0.15) is 17.1 Å². The molecule has 1 aliphatic heterocycles. The molecule has 148 valence electrons. The molecule has 0 bridgehead atoms. The van der Waals surface area contributed by atoms with Crippen LogP contribution in [0.2, 0.25) is 0 Å². The molecular weight excluding hydrogens is 378 g/mol. The van der Waals surface area contributed by atoms with Gasteiger partial charge in [0.15, 0.2) is 0 Å². The third-order valence-corrected chi connectivity index (χ3v) is 5.45. The second-order valence-corrected chi connectivity index (χ2v) is 8.00. The average Bonchev–Trinajstić information content (AvgIpc) is 3.20. The van der Waals surface area contributed by atoms with E-state index in [1.165, 1.54) is 5.56 Å². The molecule has 3 aromatic carbocycles. The Hall–Kier alpha value is -3.73. The van der Waals surface area contributed by atoms with Gasteiger partial charge in [-0.05, 0) is 47.7 Å². The number of aliphatic imine (C=N–C) groups is 1. The quantitative estimate of drug-likeness (QED) is 0.614. The summed E-state index contributed by atoms with van der Waals surface area (Å²) in [5.41, 5.74) is 3.32. The number of benzene rings is 3. The maximum atomic E-state index is 12.1. The molecule has 30 heavy (non-hydrogen) atoms. The first-order chi connectivity index (χ1) is 14.4. The Labute approximate surface area is 173 Å². The number of carboxylic acid groups (broad SMARTS) is 1. The lowest BCUT2D eigenvalue weighted by atomic mass is 10.0. The highest BCUT2D eigenvalue weighted by Gasteiger charge is 2.39. The van der Waals surface area contributed by atoms with E-state index in [1.54, 1.807) is 0 Å². The summed E-state index contributed by atoms with van der Waals surface area (Å²) in [5.74, 6) is 0.0527. The fraction of sp³-hybridized carbons (Fsp3) is 0.160. The lowest BCUT2D eigenvalue weighted by molar-refractivity contribution is -0.134. The highest BCUT2D eigenvalue weighted by atomic mass is 16.5. The molecule has 1 aliphatic carbocycles. The predicted molar refractivity (Wildman–Crippen MR) is 115 cm³/mol. The third kappa shape index (κ3) is 2.74. The Morgan fingerprint density at radius 1 is 1.03 bits per heavy atom. The van der Waals surface area contributed by atoms with Gasteiger partial charge in [0.2, 0.25) is 0 Å². The Morgan fingerprint density at radius 2 is 1.80 bits per heavy atom. The van der Waals surface area contributed by atoms with Crippen LogP contribution < -0.4 is 4.74 Å². The minimum atomic E-state index is -1.25. The minimum absolute atomic E-state index is 0.267. The topological polar surface area (TPSA) is 76.0 Å². The highest BCUT2D eigenvalue weighted by molar-refractivity contribution is 6.53. The molecule has 0 saturated carbocycles. The van der Waals surface area contributed by atoms with Gasteiger partial charge in [0, 0.05) is 21.9 Å². The van der Waals surface area contributed by atoms with Gasteiger partial charge in [-0.15, -0.1) is 0 Å². The second-order valence-electron chi connectivity index (χ2n) is 8.00. The van der Waals surface area contributed by atoms with Crippen LogP contribution in [0.4, 0.5) is 0 Å². The van der Waals surface area contributed by atoms with Crippen molar-refractivity contribution in [2.45, 2.75) is 20.3 Å². The van der Waals surface area contributed by atoms with Crippen molar-refractivity contribution in [1.82, 2.24) is 0 Å². The molecule has 0 atom stereocenters. The number of fused-ring (bicyclic) bond motifs is 3. The van der Waals surface area contributed by atoms with Crippen LogP contribution in [0.25, 0.3) is 16.3 Å². The van der Waals surface area contributed by atoms with Crippen molar-refractivity contribution in [2.75, 3.05) is 0 Å². The minimum Gasteiger partial charge on any atom is -0.477 e. The standard InChI is InChI=1S/C25H19NO4/c1-13(2)12-14-6-8-15(9-7-14)30-19-11-10-17-20-16(19)4-3-5-18(20)23-21(17)22(25(28)29)24(27)26-23/h3-11,13H,12H2,1-2H3,(H,28,29). The summed E-state index contributed by atoms with van der Waals surface area (Å²) >= 11 is 0. The summed E-state index contributed by atoms with van der Waals surface area (Å²) < 4.78 is 6.17. The van der Waals surface area contributed by atoms with Crippen LogP contribution in [0.15, 0.2) is 65.2 Å². The Kier molecular flexibility index (Phi) is 4.07. The van der Waals surface area contributed by atoms with Crippen LogP contribution in [0.3, 0.4) is 0 Å². The Morgan fingerprint density at radius 3 is 2.50 bits per heavy atom. The largest absolute Gasteiger partial charge is 0.477 e. The molecule has 0 saturated heterocycles. The van der Waals surface area contributed by atoms with E-state index in [2.05, 4.69) is 31.0 Å². The first-order valence-corrected chi connectivity index (χ1v) is 9.88. The number of nitrogens with zero attached hydrogens (tertiary/aromatic N) is 1. The number of aliphatic carboxylic acids is 1. The lowest BCUT2D eigenvalue weighted by Crippen LogP contribution is -2.08. The van der Waals surface area contributed by atoms with Crippen LogP contribution in [0.1, 0.15) is 30.5 Å². The number of rotatable bonds is 5. The summed E-state index contributed by atoms with van der Waals surface area (Å²) in [6.45, 7) is 4.38. The molecule has 2 aliphatic rings. The van der Waals surface area contributed by atoms with Gasteiger partial charge in [-0.1, -0.05) is 44.2 Å². The molecule has 5 nitrogen and oxygen atoms in total. The molecule has 0 spiro atoms. The normalized spacial score (nSPS) is 14.5. The second kappa shape index (κ2) is 6.66. The van der Waals surface area contributed by atoms with Crippen LogP contribution in [-0.2, 0) is 16.0 Å². The number of hydrogen-bond acceptors (Lipinski definition) is 3. The van der Waals surface area contributed by atoms with Gasteiger partial charge in [0.25, 0.3) is 5.91 Å². The molecule has 0 aromatic heterocycles. The van der Waals surface area contributed by atoms with E-state index in [0.29, 0.717) is 28.5 Å². The zero-order valence-corrected chi connectivity index (χ0v) is 16.6. The number of amides is 1. The SMILES string of the molecule is CC(C)Cc1ccc(Oc2ccc3c4c(cccc24)C2=NC(=O)C(C(=O)O)=C23)cc1. The van der Waals surface area contributed by atoms with Crippen LogP contribution in [0.5, 0.6) is 11.5 Å². The fourth-order valence-corrected chi connectivity index (χ4v) is 4.26. The zero-order valence-electron chi connectivity index (χ0n) is 16.6. The van der Waals surface area contributed by atoms with Gasteiger partial charge in [-0.3, -0.25) is 4.79 Å². The Bertz CT molecular complexity index is 1300. The molecule has 0 fully saturated rings. The average molecular weight is 397 g/mol. The number of hydrogen-bond donors (Lipinski definition) is 1. The molecule has 0 radical (unpaired) electrons. The number of carboxylic acids is 1. The smallest absolute Gasteiger partial charge is 0.342 e. The summed E-state index contributed by atoms with van der Waals surface area (Å²) in [7, 11) is 0. The van der Waals surface area contributed by atoms with Gasteiger partial charge in [0.05, 0.1) is 5.71 Å². The van der Waals surface area contributed by atoms with E-state index in [9.17, 15) is 14.7 Å². The molecule has 1 N–H and O–H groups in total. The van der Waals surface area contributed by atoms with Crippen LogP contribution in [0, 0.1) is 5.92 Å². The molecule has 0 unspecified atom stereocenters. The predicted octanol–water partition coefficient (Wildman–Crippen LogP) is 5.01. The number of ether oxygens (including phenoxy) is 1. The van der Waals surface area contributed by atoms with Crippen molar-refractivity contribution in [1.29, 1.82) is 0 Å². The maximum absolute atomic E-state index is 12.1. The number of carbonyl (C=O) groups excluding carboxylic acids is 1. The number of allylic oxidation sites excluding steroid dienone is 1. The highest BCUT2D eigenvalue weighted by Crippen LogP contribution is 2.45. The zero-order chi connectivity index (χ0) is 21.0. The van der Waals surface area contributed by atoms with Gasteiger partial charge in [-0.2, -0.15) is 0 Å². The molecule has 1 amide bonds. The van der Waals surface area contributed by atoms with E-state index in [-0.39, 0.29) is 5.57 Å². The van der Waals surface area contributed by atoms with Crippen molar-refractivity contribution in [3.8, 4) is 11.5 Å². The lowest BCUT2D eigenvalue weighted by Gasteiger charge is -2.12. The van der Waals surface area contributed by atoms with Crippen molar-refractivity contribution in [2.24, 2.45) is 10.9 Å². The molecule has 5 rings (SSSR count). The van der Waals surface area contributed by atoms with E-state index in [1.807, 2.05) is 42.5 Å². The van der Waals surface area contributed by atoms with E-state index in [0.717, 1.165) is 28.5 Å². The summed E-state index contributed by atoms with van der Waals surface area (Å²) in [6, 6.07) is 17.4. The van der Waals surface area contributed by atoms with Crippen molar-refractivity contribution in [3.63, 3.8) is 0 Å². The summed E-state index contributed by atoms with van der Waals surface area (Å²) in [5, 5.41) is 11.2. The first-order valence-electron chi connectivity index (χ1n) is 9.88. The molecule has 3 aromatic rings. The fourth-order valence-electron chi connectivity index (χ4n) is 4.26. The number of carbonyl (C=O) groups is 2.